The molecule has 28 heavy (non-hydrogen) atoms. The van der Waals surface area contributed by atoms with Crippen molar-refractivity contribution >= 4 is 17.8 Å². The van der Waals surface area contributed by atoms with E-state index < -0.39 is 23.6 Å². The number of rotatable bonds is 5. The smallest absolute Gasteiger partial charge is 0.344 e. The Balaban J connectivity index is 1.63. The normalized spacial score (nSPS) is 25.8. The number of carbonyl (C=O) groups is 3. The number of urea groups is 1. The van der Waals surface area contributed by atoms with E-state index in [-0.39, 0.29) is 5.91 Å². The second kappa shape index (κ2) is 7.81. The van der Waals surface area contributed by atoms with Crippen LogP contribution in [0.3, 0.4) is 0 Å². The molecule has 1 spiro atoms. The average molecular weight is 387 g/mol. The molecule has 7 nitrogen and oxygen atoms in total. The van der Waals surface area contributed by atoms with Crippen molar-refractivity contribution < 1.29 is 19.1 Å². The molecule has 0 aromatic heterocycles. The van der Waals surface area contributed by atoms with Crippen LogP contribution in [0.2, 0.25) is 0 Å². The zero-order chi connectivity index (χ0) is 20.5. The summed E-state index contributed by atoms with van der Waals surface area (Å²) in [6, 6.07) is 6.96. The molecule has 1 aliphatic heterocycles. The van der Waals surface area contributed by atoms with Gasteiger partial charge in [0.1, 0.15) is 11.3 Å². The highest BCUT2D eigenvalue weighted by atomic mass is 16.5. The molecule has 2 N–H and O–H groups in total. The number of imide groups is 1. The highest BCUT2D eigenvalue weighted by Gasteiger charge is 2.53. The quantitative estimate of drug-likeness (QED) is 0.760. The van der Waals surface area contributed by atoms with Crippen LogP contribution in [-0.2, 0) is 9.59 Å². The number of amides is 4. The van der Waals surface area contributed by atoms with Crippen LogP contribution < -0.4 is 15.5 Å². The van der Waals surface area contributed by atoms with E-state index in [4.69, 9.17) is 4.74 Å². The minimum Gasteiger partial charge on any atom is -0.481 e. The number of hydrazine groups is 1. The van der Waals surface area contributed by atoms with Crippen molar-refractivity contribution in [2.24, 2.45) is 5.92 Å². The molecular formula is C21H29N3O4. The summed E-state index contributed by atoms with van der Waals surface area (Å²) in [5, 5.41) is 3.59. The summed E-state index contributed by atoms with van der Waals surface area (Å²) in [6.07, 6.45) is 2.09. The van der Waals surface area contributed by atoms with E-state index in [2.05, 4.69) is 31.5 Å². The molecule has 152 valence electrons. The first-order valence-corrected chi connectivity index (χ1v) is 9.95. The van der Waals surface area contributed by atoms with Gasteiger partial charge in [-0.3, -0.25) is 15.0 Å². The molecule has 1 saturated carbocycles. The largest absolute Gasteiger partial charge is 0.481 e. The van der Waals surface area contributed by atoms with Crippen molar-refractivity contribution in [1.29, 1.82) is 0 Å². The summed E-state index contributed by atoms with van der Waals surface area (Å²) < 4.78 is 5.72. The summed E-state index contributed by atoms with van der Waals surface area (Å²) in [7, 11) is 0. The second-order valence-electron chi connectivity index (χ2n) is 8.30. The van der Waals surface area contributed by atoms with E-state index in [1.165, 1.54) is 0 Å². The lowest BCUT2D eigenvalue weighted by molar-refractivity contribution is -0.142. The second-order valence-corrected chi connectivity index (χ2v) is 8.30. The molecule has 1 heterocycles. The van der Waals surface area contributed by atoms with Gasteiger partial charge in [0.05, 0.1) is 0 Å². The van der Waals surface area contributed by atoms with Gasteiger partial charge in [-0.15, -0.1) is 0 Å². The van der Waals surface area contributed by atoms with Gasteiger partial charge in [0.15, 0.2) is 6.10 Å². The fourth-order valence-electron chi connectivity index (χ4n) is 3.72. The maximum Gasteiger partial charge on any atom is 0.344 e. The van der Waals surface area contributed by atoms with E-state index >= 15 is 0 Å². The molecule has 1 unspecified atom stereocenters. The number of ether oxygens (including phenoxy) is 1. The lowest BCUT2D eigenvalue weighted by atomic mass is 9.77. The lowest BCUT2D eigenvalue weighted by Crippen LogP contribution is -2.53. The van der Waals surface area contributed by atoms with E-state index in [1.807, 2.05) is 18.2 Å². The van der Waals surface area contributed by atoms with Crippen LogP contribution in [0, 0.1) is 5.92 Å². The van der Waals surface area contributed by atoms with Gasteiger partial charge in [-0.25, -0.2) is 4.79 Å². The van der Waals surface area contributed by atoms with Crippen molar-refractivity contribution in [2.75, 3.05) is 0 Å². The SMILES string of the molecule is CC1CCC2(CC1)NC(=O)N(NC(=O)C(C)Oc1cccc(C(C)C)c1)C2=O. The van der Waals surface area contributed by atoms with Crippen LogP contribution in [0.1, 0.15) is 64.9 Å². The Morgan fingerprint density at radius 3 is 2.57 bits per heavy atom. The van der Waals surface area contributed by atoms with Crippen molar-refractivity contribution in [2.45, 2.75) is 70.9 Å². The molecule has 3 rings (SSSR count). The lowest BCUT2D eigenvalue weighted by Gasteiger charge is -2.33. The number of hydrogen-bond acceptors (Lipinski definition) is 4. The third kappa shape index (κ3) is 3.98. The van der Waals surface area contributed by atoms with Gasteiger partial charge in [-0.1, -0.05) is 32.9 Å². The van der Waals surface area contributed by atoms with Crippen LogP contribution in [0.15, 0.2) is 24.3 Å². The predicted octanol–water partition coefficient (Wildman–Crippen LogP) is 3.11. The Morgan fingerprint density at radius 2 is 1.93 bits per heavy atom. The summed E-state index contributed by atoms with van der Waals surface area (Å²) in [5.74, 6) is 0.525. The van der Waals surface area contributed by atoms with Gasteiger partial charge in [0.25, 0.3) is 11.8 Å². The molecule has 4 amide bonds. The van der Waals surface area contributed by atoms with E-state index in [1.54, 1.807) is 13.0 Å². The molecule has 1 aliphatic carbocycles. The fraction of sp³-hybridized carbons (Fsp3) is 0.571. The van der Waals surface area contributed by atoms with E-state index in [0.29, 0.717) is 30.4 Å². The van der Waals surface area contributed by atoms with E-state index in [0.717, 1.165) is 23.4 Å². The molecule has 1 saturated heterocycles. The molecule has 1 aromatic carbocycles. The number of benzene rings is 1. The minimum atomic E-state index is -0.882. The summed E-state index contributed by atoms with van der Waals surface area (Å²) in [6.45, 7) is 7.89. The van der Waals surface area contributed by atoms with Crippen molar-refractivity contribution in [3.05, 3.63) is 29.8 Å². The number of carbonyl (C=O) groups excluding carboxylic acids is 3. The van der Waals surface area contributed by atoms with Gasteiger partial charge < -0.3 is 10.1 Å². The highest BCUT2D eigenvalue weighted by molar-refractivity contribution is 6.08. The molecule has 0 bridgehead atoms. The molecular weight excluding hydrogens is 358 g/mol. The maximum absolute atomic E-state index is 12.8. The minimum absolute atomic E-state index is 0.341. The monoisotopic (exact) mass is 387 g/mol. The molecule has 2 aliphatic rings. The highest BCUT2D eigenvalue weighted by Crippen LogP contribution is 2.35. The molecule has 7 heteroatoms. The van der Waals surface area contributed by atoms with Gasteiger partial charge >= 0.3 is 6.03 Å². The first-order valence-electron chi connectivity index (χ1n) is 9.95. The molecule has 1 atom stereocenters. The number of nitrogens with zero attached hydrogens (tertiary/aromatic N) is 1. The Hall–Kier alpha value is -2.57. The van der Waals surface area contributed by atoms with Gasteiger partial charge in [-0.2, -0.15) is 5.01 Å². The Labute approximate surface area is 165 Å². The van der Waals surface area contributed by atoms with Gasteiger partial charge in [-0.05, 0) is 62.1 Å². The third-order valence-corrected chi connectivity index (χ3v) is 5.72. The van der Waals surface area contributed by atoms with Gasteiger partial charge in [0, 0.05) is 0 Å². The van der Waals surface area contributed by atoms with Crippen LogP contribution in [0.4, 0.5) is 4.79 Å². The summed E-state index contributed by atoms with van der Waals surface area (Å²) in [4.78, 5) is 37.7. The standard InChI is InChI=1S/C21H29N3O4/c1-13(2)16-6-5-7-17(12-16)28-15(4)18(25)23-24-19(26)21(22-20(24)27)10-8-14(3)9-11-21/h5-7,12-15H,8-11H2,1-4H3,(H,22,27)(H,23,25). The first-order chi connectivity index (χ1) is 13.2. The van der Waals surface area contributed by atoms with Crippen LogP contribution in [0.25, 0.3) is 0 Å². The number of hydrogen-bond donors (Lipinski definition) is 2. The van der Waals surface area contributed by atoms with Crippen molar-refractivity contribution in [3.63, 3.8) is 0 Å². The zero-order valence-electron chi connectivity index (χ0n) is 17.0. The Kier molecular flexibility index (Phi) is 5.63. The third-order valence-electron chi connectivity index (χ3n) is 5.72. The fourth-order valence-corrected chi connectivity index (χ4v) is 3.72. The summed E-state index contributed by atoms with van der Waals surface area (Å²) in [5.41, 5.74) is 2.65. The van der Waals surface area contributed by atoms with E-state index in [9.17, 15) is 14.4 Å². The van der Waals surface area contributed by atoms with Crippen molar-refractivity contribution in [3.8, 4) is 5.75 Å². The first kappa shape index (κ1) is 20.2. The van der Waals surface area contributed by atoms with Crippen LogP contribution in [0.5, 0.6) is 5.75 Å². The Morgan fingerprint density at radius 1 is 1.25 bits per heavy atom. The molecule has 1 aromatic rings. The molecule has 2 fully saturated rings. The zero-order valence-corrected chi connectivity index (χ0v) is 17.0. The van der Waals surface area contributed by atoms with Gasteiger partial charge in [0.2, 0.25) is 0 Å². The summed E-state index contributed by atoms with van der Waals surface area (Å²) >= 11 is 0. The average Bonchev–Trinajstić information content (AvgIpc) is 2.88. The van der Waals surface area contributed by atoms with Crippen LogP contribution in [-0.4, -0.2) is 34.5 Å². The topological polar surface area (TPSA) is 87.7 Å². The maximum atomic E-state index is 12.8. The Bertz CT molecular complexity index is 769. The number of nitrogens with one attached hydrogen (secondary N) is 2. The molecule has 0 radical (unpaired) electrons. The van der Waals surface area contributed by atoms with Crippen LogP contribution >= 0.6 is 0 Å². The predicted molar refractivity (Wildman–Crippen MR) is 105 cm³/mol. The van der Waals surface area contributed by atoms with Crippen molar-refractivity contribution in [1.82, 2.24) is 15.8 Å².